The summed E-state index contributed by atoms with van der Waals surface area (Å²) in [5.41, 5.74) is 0.953. The molecule has 118 valence electrons. The first-order valence-corrected chi connectivity index (χ1v) is 7.21. The van der Waals surface area contributed by atoms with Gasteiger partial charge in [-0.3, -0.25) is 9.48 Å². The van der Waals surface area contributed by atoms with Crippen LogP contribution in [0.3, 0.4) is 0 Å². The van der Waals surface area contributed by atoms with Gasteiger partial charge in [0.15, 0.2) is 11.5 Å². The van der Waals surface area contributed by atoms with Crippen LogP contribution in [-0.2, 0) is 11.3 Å². The lowest BCUT2D eigenvalue weighted by atomic mass is 10.1. The van der Waals surface area contributed by atoms with Gasteiger partial charge in [0, 0.05) is 12.4 Å². The van der Waals surface area contributed by atoms with Crippen molar-refractivity contribution in [3.8, 4) is 11.5 Å². The molecule has 0 unspecified atom stereocenters. The molecule has 0 aliphatic rings. The average Bonchev–Trinajstić information content (AvgIpc) is 3.00. The van der Waals surface area contributed by atoms with E-state index in [9.17, 15) is 4.79 Å². The van der Waals surface area contributed by atoms with Crippen molar-refractivity contribution >= 4 is 5.91 Å². The fourth-order valence-corrected chi connectivity index (χ4v) is 2.14. The molecule has 0 radical (unpaired) electrons. The Morgan fingerprint density at radius 3 is 2.86 bits per heavy atom. The van der Waals surface area contributed by atoms with Crippen molar-refractivity contribution in [2.45, 2.75) is 26.4 Å². The maximum Gasteiger partial charge on any atom is 0.242 e. The van der Waals surface area contributed by atoms with E-state index in [1.54, 1.807) is 30.3 Å². The highest BCUT2D eigenvalue weighted by Crippen LogP contribution is 2.30. The second-order valence-corrected chi connectivity index (χ2v) is 4.84. The van der Waals surface area contributed by atoms with Crippen molar-refractivity contribution < 1.29 is 14.3 Å². The monoisotopic (exact) mass is 303 g/mol. The van der Waals surface area contributed by atoms with Crippen LogP contribution in [0.2, 0.25) is 0 Å². The van der Waals surface area contributed by atoms with Gasteiger partial charge in [-0.2, -0.15) is 5.10 Å². The number of aromatic nitrogens is 2. The number of ether oxygens (including phenoxy) is 2. The molecule has 0 saturated carbocycles. The van der Waals surface area contributed by atoms with Crippen LogP contribution < -0.4 is 14.8 Å². The third-order valence-electron chi connectivity index (χ3n) is 3.23. The van der Waals surface area contributed by atoms with E-state index in [1.807, 2.05) is 32.0 Å². The number of carbonyl (C=O) groups is 1. The van der Waals surface area contributed by atoms with Crippen molar-refractivity contribution in [3.05, 3.63) is 42.2 Å². The van der Waals surface area contributed by atoms with E-state index >= 15 is 0 Å². The summed E-state index contributed by atoms with van der Waals surface area (Å²) in [6.07, 6.45) is 3.40. The molecule has 6 heteroatoms. The number of amides is 1. The smallest absolute Gasteiger partial charge is 0.242 e. The Hall–Kier alpha value is -2.50. The van der Waals surface area contributed by atoms with Gasteiger partial charge in [0.25, 0.3) is 0 Å². The summed E-state index contributed by atoms with van der Waals surface area (Å²) in [7, 11) is 1.60. The summed E-state index contributed by atoms with van der Waals surface area (Å²) in [5.74, 6) is 1.26. The zero-order chi connectivity index (χ0) is 15.9. The first-order chi connectivity index (χ1) is 10.6. The molecule has 1 aromatic carbocycles. The van der Waals surface area contributed by atoms with E-state index in [-0.39, 0.29) is 18.5 Å². The number of nitrogens with one attached hydrogen (secondary N) is 1. The van der Waals surface area contributed by atoms with Crippen molar-refractivity contribution in [2.75, 3.05) is 13.7 Å². The highest BCUT2D eigenvalue weighted by molar-refractivity contribution is 5.76. The number of hydrogen-bond acceptors (Lipinski definition) is 4. The number of hydrogen-bond donors (Lipinski definition) is 1. The normalized spacial score (nSPS) is 11.8. The maximum atomic E-state index is 12.0. The summed E-state index contributed by atoms with van der Waals surface area (Å²) in [6, 6.07) is 7.31. The van der Waals surface area contributed by atoms with Crippen LogP contribution in [0.15, 0.2) is 36.7 Å². The molecule has 6 nitrogen and oxygen atoms in total. The highest BCUT2D eigenvalue weighted by Gasteiger charge is 2.13. The first-order valence-electron chi connectivity index (χ1n) is 7.21. The molecule has 1 amide bonds. The van der Waals surface area contributed by atoms with Crippen molar-refractivity contribution in [1.29, 1.82) is 0 Å². The van der Waals surface area contributed by atoms with Gasteiger partial charge in [0.2, 0.25) is 5.91 Å². The van der Waals surface area contributed by atoms with Gasteiger partial charge in [-0.15, -0.1) is 0 Å². The Labute approximate surface area is 130 Å². The van der Waals surface area contributed by atoms with Crippen LogP contribution in [0, 0.1) is 0 Å². The van der Waals surface area contributed by atoms with Crippen LogP contribution >= 0.6 is 0 Å². The van der Waals surface area contributed by atoms with Gasteiger partial charge in [-0.05, 0) is 37.6 Å². The van der Waals surface area contributed by atoms with Crippen molar-refractivity contribution in [2.24, 2.45) is 0 Å². The lowest BCUT2D eigenvalue weighted by Crippen LogP contribution is -2.30. The van der Waals surface area contributed by atoms with Gasteiger partial charge >= 0.3 is 0 Å². The van der Waals surface area contributed by atoms with Crippen LogP contribution in [0.4, 0.5) is 0 Å². The Kier molecular flexibility index (Phi) is 5.41. The molecular formula is C16H21N3O3. The summed E-state index contributed by atoms with van der Waals surface area (Å²) >= 11 is 0. The SMILES string of the molecule is CCOc1ccc([C@@H](C)NC(=O)Cn2cccn2)cc1OC. The summed E-state index contributed by atoms with van der Waals surface area (Å²) in [6.45, 7) is 4.62. The van der Waals surface area contributed by atoms with Crippen molar-refractivity contribution in [3.63, 3.8) is 0 Å². The topological polar surface area (TPSA) is 65.4 Å². The summed E-state index contributed by atoms with van der Waals surface area (Å²) in [4.78, 5) is 12.0. The van der Waals surface area contributed by atoms with E-state index in [0.717, 1.165) is 5.56 Å². The van der Waals surface area contributed by atoms with E-state index in [2.05, 4.69) is 10.4 Å². The predicted octanol–water partition coefficient (Wildman–Crippen LogP) is 2.17. The summed E-state index contributed by atoms with van der Waals surface area (Å²) in [5, 5.41) is 6.96. The van der Waals surface area contributed by atoms with E-state index in [1.165, 1.54) is 0 Å². The molecule has 1 atom stereocenters. The minimum atomic E-state index is -0.132. The van der Waals surface area contributed by atoms with Crippen LogP contribution in [0.5, 0.6) is 11.5 Å². The molecule has 1 heterocycles. The molecule has 1 aromatic heterocycles. The van der Waals surface area contributed by atoms with Gasteiger partial charge in [0.1, 0.15) is 6.54 Å². The lowest BCUT2D eigenvalue weighted by Gasteiger charge is -2.17. The minimum Gasteiger partial charge on any atom is -0.493 e. The second-order valence-electron chi connectivity index (χ2n) is 4.84. The van der Waals surface area contributed by atoms with Crippen LogP contribution in [0.1, 0.15) is 25.5 Å². The quantitative estimate of drug-likeness (QED) is 0.851. The highest BCUT2D eigenvalue weighted by atomic mass is 16.5. The Morgan fingerprint density at radius 1 is 1.41 bits per heavy atom. The largest absolute Gasteiger partial charge is 0.493 e. The molecule has 0 saturated heterocycles. The van der Waals surface area contributed by atoms with Gasteiger partial charge in [0.05, 0.1) is 19.8 Å². The Balaban J connectivity index is 2.02. The first kappa shape index (κ1) is 15.9. The number of nitrogens with zero attached hydrogens (tertiary/aromatic N) is 2. The van der Waals surface area contributed by atoms with E-state index in [4.69, 9.17) is 9.47 Å². The molecule has 2 aromatic rings. The summed E-state index contributed by atoms with van der Waals surface area (Å²) < 4.78 is 12.4. The Morgan fingerprint density at radius 2 is 2.23 bits per heavy atom. The molecule has 22 heavy (non-hydrogen) atoms. The number of methoxy groups -OCH3 is 1. The Bertz CT molecular complexity index is 611. The molecule has 0 aliphatic carbocycles. The minimum absolute atomic E-state index is 0.0935. The van der Waals surface area contributed by atoms with E-state index in [0.29, 0.717) is 18.1 Å². The number of carbonyl (C=O) groups excluding carboxylic acids is 1. The third kappa shape index (κ3) is 4.00. The van der Waals surface area contributed by atoms with Gasteiger partial charge in [-0.1, -0.05) is 6.07 Å². The fourth-order valence-electron chi connectivity index (χ4n) is 2.14. The average molecular weight is 303 g/mol. The number of benzene rings is 1. The van der Waals surface area contributed by atoms with Gasteiger partial charge in [-0.25, -0.2) is 0 Å². The molecule has 1 N–H and O–H groups in total. The standard InChI is InChI=1S/C16H21N3O3/c1-4-22-14-7-6-13(10-15(14)21-3)12(2)18-16(20)11-19-9-5-8-17-19/h5-10,12H,4,11H2,1-3H3,(H,18,20)/t12-/m1/s1. The molecule has 0 fully saturated rings. The van der Waals surface area contributed by atoms with Crippen LogP contribution in [0.25, 0.3) is 0 Å². The molecule has 2 rings (SSSR count). The third-order valence-corrected chi connectivity index (χ3v) is 3.23. The maximum absolute atomic E-state index is 12.0. The molecule has 0 bridgehead atoms. The fraction of sp³-hybridized carbons (Fsp3) is 0.375. The zero-order valence-electron chi connectivity index (χ0n) is 13.1. The van der Waals surface area contributed by atoms with E-state index < -0.39 is 0 Å². The predicted molar refractivity (Wildman–Crippen MR) is 82.9 cm³/mol. The van der Waals surface area contributed by atoms with Crippen molar-refractivity contribution in [1.82, 2.24) is 15.1 Å². The molecule has 0 aliphatic heterocycles. The molecular weight excluding hydrogens is 282 g/mol. The second kappa shape index (κ2) is 7.49. The lowest BCUT2D eigenvalue weighted by molar-refractivity contribution is -0.122. The number of rotatable bonds is 7. The zero-order valence-corrected chi connectivity index (χ0v) is 13.1. The van der Waals surface area contributed by atoms with Gasteiger partial charge < -0.3 is 14.8 Å². The molecule has 0 spiro atoms. The van der Waals surface area contributed by atoms with Crippen LogP contribution in [-0.4, -0.2) is 29.4 Å².